The van der Waals surface area contributed by atoms with Gasteiger partial charge in [0.15, 0.2) is 12.2 Å². The first kappa shape index (κ1) is 19.5. The molecule has 1 unspecified atom stereocenters. The lowest BCUT2D eigenvalue weighted by atomic mass is 10.0. The zero-order valence-electron chi connectivity index (χ0n) is 13.9. The molecule has 0 fully saturated rings. The molecule has 9 nitrogen and oxygen atoms in total. The summed E-state index contributed by atoms with van der Waals surface area (Å²) in [6.07, 6.45) is -1.37. The SMILES string of the molecule is COC(=O)C1=CC[C@@H](OC(C)=O)C([C@@H](COC(C)=O)OC(C)=O)O1. The number of carbonyl (C=O) groups excluding carboxylic acids is 4. The van der Waals surface area contributed by atoms with Crippen molar-refractivity contribution in [3.63, 3.8) is 0 Å². The normalized spacial score (nSPS) is 20.8. The van der Waals surface area contributed by atoms with Crippen LogP contribution in [0, 0.1) is 0 Å². The van der Waals surface area contributed by atoms with E-state index in [1.807, 2.05) is 0 Å². The maximum Gasteiger partial charge on any atom is 0.372 e. The standard InChI is InChI=1S/C15H20O9/c1-8(16)21-7-13(23-10(3)18)14-11(22-9(2)17)5-6-12(24-14)15(19)20-4/h6,11,13-14H,5,7H2,1-4H3/t11-,13-,14?/m1/s1. The molecule has 0 amide bonds. The number of methoxy groups -OCH3 is 1. The molecule has 134 valence electrons. The summed E-state index contributed by atoms with van der Waals surface area (Å²) in [5.41, 5.74) is 0. The quantitative estimate of drug-likeness (QED) is 0.494. The highest BCUT2D eigenvalue weighted by atomic mass is 16.6. The Morgan fingerprint density at radius 3 is 2.33 bits per heavy atom. The fraction of sp³-hybridized carbons (Fsp3) is 0.600. The predicted molar refractivity (Wildman–Crippen MR) is 77.3 cm³/mol. The van der Waals surface area contributed by atoms with Crippen molar-refractivity contribution in [2.45, 2.75) is 45.5 Å². The fourth-order valence-corrected chi connectivity index (χ4v) is 2.11. The molecule has 0 bridgehead atoms. The lowest BCUT2D eigenvalue weighted by Gasteiger charge is -2.34. The van der Waals surface area contributed by atoms with Crippen LogP contribution < -0.4 is 0 Å². The van der Waals surface area contributed by atoms with Crippen LogP contribution in [0.3, 0.4) is 0 Å². The number of hydrogen-bond donors (Lipinski definition) is 0. The molecule has 1 heterocycles. The van der Waals surface area contributed by atoms with Crippen molar-refractivity contribution in [3.05, 3.63) is 11.8 Å². The van der Waals surface area contributed by atoms with Gasteiger partial charge in [-0.1, -0.05) is 0 Å². The van der Waals surface area contributed by atoms with Gasteiger partial charge in [0.1, 0.15) is 12.7 Å². The molecule has 0 saturated carbocycles. The van der Waals surface area contributed by atoms with Gasteiger partial charge in [-0.25, -0.2) is 4.79 Å². The van der Waals surface area contributed by atoms with E-state index in [2.05, 4.69) is 4.74 Å². The first-order valence-corrected chi connectivity index (χ1v) is 7.17. The molecule has 3 atom stereocenters. The van der Waals surface area contributed by atoms with Crippen molar-refractivity contribution in [2.24, 2.45) is 0 Å². The Hall–Kier alpha value is -2.58. The molecule has 24 heavy (non-hydrogen) atoms. The smallest absolute Gasteiger partial charge is 0.372 e. The van der Waals surface area contributed by atoms with E-state index >= 15 is 0 Å². The van der Waals surface area contributed by atoms with Gasteiger partial charge in [0.05, 0.1) is 7.11 Å². The van der Waals surface area contributed by atoms with E-state index in [0.717, 1.165) is 0 Å². The van der Waals surface area contributed by atoms with Crippen LogP contribution in [0.15, 0.2) is 11.8 Å². The van der Waals surface area contributed by atoms with Gasteiger partial charge in [0.2, 0.25) is 5.76 Å². The van der Waals surface area contributed by atoms with E-state index in [-0.39, 0.29) is 18.8 Å². The molecule has 0 saturated heterocycles. The van der Waals surface area contributed by atoms with Gasteiger partial charge in [0, 0.05) is 27.2 Å². The molecule has 0 aliphatic carbocycles. The van der Waals surface area contributed by atoms with Crippen LogP contribution in [0.1, 0.15) is 27.2 Å². The summed E-state index contributed by atoms with van der Waals surface area (Å²) in [7, 11) is 1.18. The van der Waals surface area contributed by atoms with Crippen LogP contribution in [-0.4, -0.2) is 55.9 Å². The van der Waals surface area contributed by atoms with E-state index in [1.165, 1.54) is 34.0 Å². The van der Waals surface area contributed by atoms with Crippen LogP contribution in [0.25, 0.3) is 0 Å². The average Bonchev–Trinajstić information content (AvgIpc) is 2.50. The zero-order chi connectivity index (χ0) is 18.3. The Labute approximate surface area is 138 Å². The molecule has 0 aromatic heterocycles. The van der Waals surface area contributed by atoms with Gasteiger partial charge in [0.25, 0.3) is 0 Å². The maximum atomic E-state index is 11.6. The van der Waals surface area contributed by atoms with Crippen molar-refractivity contribution in [1.82, 2.24) is 0 Å². The first-order chi connectivity index (χ1) is 11.2. The third-order valence-electron chi connectivity index (χ3n) is 3.00. The molecular weight excluding hydrogens is 324 g/mol. The van der Waals surface area contributed by atoms with Gasteiger partial charge in [-0.2, -0.15) is 0 Å². The monoisotopic (exact) mass is 344 g/mol. The van der Waals surface area contributed by atoms with Gasteiger partial charge < -0.3 is 23.7 Å². The molecule has 1 rings (SSSR count). The summed E-state index contributed by atoms with van der Waals surface area (Å²) >= 11 is 0. The summed E-state index contributed by atoms with van der Waals surface area (Å²) in [5, 5.41) is 0. The number of rotatable bonds is 6. The van der Waals surface area contributed by atoms with Gasteiger partial charge >= 0.3 is 23.9 Å². The Kier molecular flexibility index (Phi) is 7.22. The highest BCUT2D eigenvalue weighted by Gasteiger charge is 2.40. The highest BCUT2D eigenvalue weighted by molar-refractivity contribution is 5.86. The van der Waals surface area contributed by atoms with Gasteiger partial charge in [-0.05, 0) is 6.08 Å². The second-order valence-electron chi connectivity index (χ2n) is 4.98. The molecule has 1 aliphatic rings. The summed E-state index contributed by atoms with van der Waals surface area (Å²) in [6.45, 7) is 3.26. The van der Waals surface area contributed by atoms with Crippen LogP contribution in [0.2, 0.25) is 0 Å². The molecular formula is C15H20O9. The topological polar surface area (TPSA) is 114 Å². The lowest BCUT2D eigenvalue weighted by Crippen LogP contribution is -2.48. The highest BCUT2D eigenvalue weighted by Crippen LogP contribution is 2.25. The first-order valence-electron chi connectivity index (χ1n) is 7.17. The van der Waals surface area contributed by atoms with E-state index in [1.54, 1.807) is 0 Å². The third-order valence-corrected chi connectivity index (χ3v) is 3.00. The van der Waals surface area contributed by atoms with Crippen molar-refractivity contribution in [1.29, 1.82) is 0 Å². The summed E-state index contributed by atoms with van der Waals surface area (Å²) in [5.74, 6) is -2.64. The Morgan fingerprint density at radius 2 is 1.83 bits per heavy atom. The van der Waals surface area contributed by atoms with E-state index in [4.69, 9.17) is 18.9 Å². The zero-order valence-corrected chi connectivity index (χ0v) is 13.9. The fourth-order valence-electron chi connectivity index (χ4n) is 2.11. The predicted octanol–water partition coefficient (Wildman–Crippen LogP) is 0.259. The largest absolute Gasteiger partial charge is 0.475 e. The molecule has 0 N–H and O–H groups in total. The second kappa shape index (κ2) is 8.90. The molecule has 0 aromatic rings. The van der Waals surface area contributed by atoms with E-state index in [9.17, 15) is 19.2 Å². The Morgan fingerprint density at radius 1 is 1.17 bits per heavy atom. The summed E-state index contributed by atoms with van der Waals surface area (Å²) in [6, 6.07) is 0. The number of ether oxygens (including phenoxy) is 5. The van der Waals surface area contributed by atoms with E-state index < -0.39 is 42.2 Å². The molecule has 9 heteroatoms. The molecule has 1 aliphatic heterocycles. The number of esters is 4. The molecule has 0 aromatic carbocycles. The second-order valence-corrected chi connectivity index (χ2v) is 4.98. The van der Waals surface area contributed by atoms with Gasteiger partial charge in [-0.15, -0.1) is 0 Å². The average molecular weight is 344 g/mol. The van der Waals surface area contributed by atoms with Crippen molar-refractivity contribution in [2.75, 3.05) is 13.7 Å². The van der Waals surface area contributed by atoms with Crippen LogP contribution in [-0.2, 0) is 42.9 Å². The Bertz CT molecular complexity index is 537. The summed E-state index contributed by atoms with van der Waals surface area (Å²) < 4.78 is 25.2. The summed E-state index contributed by atoms with van der Waals surface area (Å²) in [4.78, 5) is 45.2. The lowest BCUT2D eigenvalue weighted by molar-refractivity contribution is -0.182. The van der Waals surface area contributed by atoms with Crippen molar-refractivity contribution in [3.8, 4) is 0 Å². The Balaban J connectivity index is 3.03. The minimum absolute atomic E-state index is 0.106. The van der Waals surface area contributed by atoms with Crippen LogP contribution in [0.4, 0.5) is 0 Å². The molecule has 0 spiro atoms. The number of carbonyl (C=O) groups is 4. The van der Waals surface area contributed by atoms with Crippen molar-refractivity contribution < 1.29 is 42.9 Å². The third kappa shape index (κ3) is 5.90. The van der Waals surface area contributed by atoms with Crippen LogP contribution >= 0.6 is 0 Å². The van der Waals surface area contributed by atoms with E-state index in [0.29, 0.717) is 0 Å². The van der Waals surface area contributed by atoms with Crippen molar-refractivity contribution >= 4 is 23.9 Å². The number of hydrogen-bond acceptors (Lipinski definition) is 9. The van der Waals surface area contributed by atoms with Gasteiger partial charge in [-0.3, -0.25) is 14.4 Å². The molecule has 0 radical (unpaired) electrons. The van der Waals surface area contributed by atoms with Crippen LogP contribution in [0.5, 0.6) is 0 Å². The minimum atomic E-state index is -1.07. The maximum absolute atomic E-state index is 11.6. The minimum Gasteiger partial charge on any atom is -0.475 e.